The number of hydrogen-bond acceptors (Lipinski definition) is 4. The number of rotatable bonds is 5. The number of piperazine rings is 1. The molecule has 1 saturated heterocycles. The standard InChI is InChI=1S/C22H26N2O3/c1-26-16-18-3-2-4-20(14-18)22(25)24-10-8-23(9-11-24)15-17-5-6-21-19(13-17)7-12-27-21/h2-6,13-14H,7-12,15-16H2,1H3. The maximum Gasteiger partial charge on any atom is 0.253 e. The molecule has 5 nitrogen and oxygen atoms in total. The number of hydrogen-bond donors (Lipinski definition) is 0. The number of methoxy groups -OCH3 is 1. The highest BCUT2D eigenvalue weighted by molar-refractivity contribution is 5.94. The molecule has 5 heteroatoms. The lowest BCUT2D eigenvalue weighted by Gasteiger charge is -2.35. The van der Waals surface area contributed by atoms with Crippen molar-refractivity contribution in [1.82, 2.24) is 9.80 Å². The topological polar surface area (TPSA) is 42.0 Å². The van der Waals surface area contributed by atoms with Gasteiger partial charge in [0.05, 0.1) is 13.2 Å². The Kier molecular flexibility index (Phi) is 5.41. The van der Waals surface area contributed by atoms with E-state index in [9.17, 15) is 4.79 Å². The maximum atomic E-state index is 12.8. The SMILES string of the molecule is COCc1cccc(C(=O)N2CCN(Cc3ccc4c(c3)CCO4)CC2)c1. The number of nitrogens with zero attached hydrogens (tertiary/aromatic N) is 2. The van der Waals surface area contributed by atoms with Crippen molar-refractivity contribution in [2.75, 3.05) is 39.9 Å². The van der Waals surface area contributed by atoms with E-state index in [1.165, 1.54) is 11.1 Å². The van der Waals surface area contributed by atoms with Gasteiger partial charge in [-0.05, 0) is 34.9 Å². The Morgan fingerprint density at radius 1 is 1.07 bits per heavy atom. The first-order valence-electron chi connectivity index (χ1n) is 9.57. The highest BCUT2D eigenvalue weighted by Crippen LogP contribution is 2.26. The van der Waals surface area contributed by atoms with E-state index in [0.717, 1.165) is 62.6 Å². The molecule has 2 aliphatic rings. The molecule has 2 aliphatic heterocycles. The zero-order valence-corrected chi connectivity index (χ0v) is 15.8. The smallest absolute Gasteiger partial charge is 0.253 e. The summed E-state index contributed by atoms with van der Waals surface area (Å²) in [7, 11) is 1.67. The van der Waals surface area contributed by atoms with Crippen LogP contribution in [0.25, 0.3) is 0 Å². The molecule has 0 unspecified atom stereocenters. The molecule has 2 heterocycles. The van der Waals surface area contributed by atoms with E-state index in [2.05, 4.69) is 23.1 Å². The summed E-state index contributed by atoms with van der Waals surface area (Å²) in [6.07, 6.45) is 1.01. The summed E-state index contributed by atoms with van der Waals surface area (Å²) in [5.41, 5.74) is 4.42. The molecule has 4 rings (SSSR count). The van der Waals surface area contributed by atoms with Crippen molar-refractivity contribution in [2.24, 2.45) is 0 Å². The number of amides is 1. The molecule has 2 aromatic carbocycles. The average Bonchev–Trinajstić information content (AvgIpc) is 3.16. The molecule has 142 valence electrons. The second-order valence-electron chi connectivity index (χ2n) is 7.24. The van der Waals surface area contributed by atoms with Gasteiger partial charge in [-0.15, -0.1) is 0 Å². The number of ether oxygens (including phenoxy) is 2. The monoisotopic (exact) mass is 366 g/mol. The summed E-state index contributed by atoms with van der Waals surface area (Å²) in [6.45, 7) is 5.58. The van der Waals surface area contributed by atoms with Gasteiger partial charge in [-0.1, -0.05) is 24.3 Å². The van der Waals surface area contributed by atoms with Gasteiger partial charge < -0.3 is 14.4 Å². The quantitative estimate of drug-likeness (QED) is 0.816. The molecular formula is C22H26N2O3. The van der Waals surface area contributed by atoms with Gasteiger partial charge in [0.25, 0.3) is 5.91 Å². The predicted molar refractivity (Wildman–Crippen MR) is 104 cm³/mol. The molecule has 0 N–H and O–H groups in total. The summed E-state index contributed by atoms with van der Waals surface area (Å²) in [4.78, 5) is 17.2. The normalized spacial score (nSPS) is 16.9. The molecule has 0 saturated carbocycles. The van der Waals surface area contributed by atoms with Crippen LogP contribution in [-0.2, 0) is 24.3 Å². The van der Waals surface area contributed by atoms with E-state index in [4.69, 9.17) is 9.47 Å². The number of benzene rings is 2. The van der Waals surface area contributed by atoms with Crippen LogP contribution in [0.15, 0.2) is 42.5 Å². The zero-order valence-electron chi connectivity index (χ0n) is 15.8. The number of carbonyl (C=O) groups is 1. The van der Waals surface area contributed by atoms with Gasteiger partial charge >= 0.3 is 0 Å². The summed E-state index contributed by atoms with van der Waals surface area (Å²) < 4.78 is 10.8. The van der Waals surface area contributed by atoms with Crippen LogP contribution in [0.2, 0.25) is 0 Å². The molecule has 1 fully saturated rings. The van der Waals surface area contributed by atoms with Gasteiger partial charge in [-0.3, -0.25) is 9.69 Å². The van der Waals surface area contributed by atoms with E-state index in [1.54, 1.807) is 7.11 Å². The van der Waals surface area contributed by atoms with Crippen LogP contribution in [-0.4, -0.2) is 55.6 Å². The minimum Gasteiger partial charge on any atom is -0.493 e. The zero-order chi connectivity index (χ0) is 18.6. The second-order valence-corrected chi connectivity index (χ2v) is 7.24. The van der Waals surface area contributed by atoms with Crippen molar-refractivity contribution < 1.29 is 14.3 Å². The molecule has 27 heavy (non-hydrogen) atoms. The van der Waals surface area contributed by atoms with Crippen molar-refractivity contribution >= 4 is 5.91 Å². The molecule has 0 spiro atoms. The van der Waals surface area contributed by atoms with Crippen molar-refractivity contribution in [3.63, 3.8) is 0 Å². The molecule has 0 radical (unpaired) electrons. The molecular weight excluding hydrogens is 340 g/mol. The van der Waals surface area contributed by atoms with Gasteiger partial charge in [0, 0.05) is 51.8 Å². The summed E-state index contributed by atoms with van der Waals surface area (Å²) >= 11 is 0. The Morgan fingerprint density at radius 2 is 1.93 bits per heavy atom. The van der Waals surface area contributed by atoms with Crippen LogP contribution < -0.4 is 4.74 Å². The summed E-state index contributed by atoms with van der Waals surface area (Å²) in [6, 6.07) is 14.2. The molecule has 0 bridgehead atoms. The Balaban J connectivity index is 1.33. The van der Waals surface area contributed by atoms with Crippen LogP contribution in [0.4, 0.5) is 0 Å². The van der Waals surface area contributed by atoms with Crippen molar-refractivity contribution in [1.29, 1.82) is 0 Å². The third-order valence-corrected chi connectivity index (χ3v) is 5.30. The fourth-order valence-electron chi connectivity index (χ4n) is 3.85. The minimum atomic E-state index is 0.113. The Morgan fingerprint density at radius 3 is 2.74 bits per heavy atom. The number of carbonyl (C=O) groups excluding carboxylic acids is 1. The lowest BCUT2D eigenvalue weighted by Crippen LogP contribution is -2.48. The van der Waals surface area contributed by atoms with E-state index in [-0.39, 0.29) is 5.91 Å². The van der Waals surface area contributed by atoms with Crippen LogP contribution in [0.1, 0.15) is 27.0 Å². The first kappa shape index (κ1) is 18.0. The fourth-order valence-corrected chi connectivity index (χ4v) is 3.85. The summed E-state index contributed by atoms with van der Waals surface area (Å²) in [5.74, 6) is 1.15. The minimum absolute atomic E-state index is 0.113. The average molecular weight is 366 g/mol. The van der Waals surface area contributed by atoms with Crippen LogP contribution in [0, 0.1) is 0 Å². The van der Waals surface area contributed by atoms with Crippen LogP contribution in [0.3, 0.4) is 0 Å². The highest BCUT2D eigenvalue weighted by Gasteiger charge is 2.23. The van der Waals surface area contributed by atoms with E-state index in [0.29, 0.717) is 6.61 Å². The van der Waals surface area contributed by atoms with Gasteiger partial charge in [0.15, 0.2) is 0 Å². The third-order valence-electron chi connectivity index (χ3n) is 5.30. The summed E-state index contributed by atoms with van der Waals surface area (Å²) in [5, 5.41) is 0. The largest absolute Gasteiger partial charge is 0.493 e. The predicted octanol–water partition coefficient (Wildman–Crippen LogP) is 2.73. The van der Waals surface area contributed by atoms with Crippen molar-refractivity contribution in [3.8, 4) is 5.75 Å². The second kappa shape index (κ2) is 8.11. The molecule has 0 aromatic heterocycles. The van der Waals surface area contributed by atoms with E-state index < -0.39 is 0 Å². The molecule has 0 atom stereocenters. The van der Waals surface area contributed by atoms with Crippen molar-refractivity contribution in [2.45, 2.75) is 19.6 Å². The van der Waals surface area contributed by atoms with Crippen LogP contribution in [0.5, 0.6) is 5.75 Å². The molecule has 1 amide bonds. The van der Waals surface area contributed by atoms with E-state index >= 15 is 0 Å². The molecule has 2 aromatic rings. The van der Waals surface area contributed by atoms with Gasteiger partial charge in [-0.25, -0.2) is 0 Å². The Hall–Kier alpha value is -2.37. The lowest BCUT2D eigenvalue weighted by molar-refractivity contribution is 0.0628. The maximum absolute atomic E-state index is 12.8. The highest BCUT2D eigenvalue weighted by atomic mass is 16.5. The van der Waals surface area contributed by atoms with Gasteiger partial charge in [0.2, 0.25) is 0 Å². The fraction of sp³-hybridized carbons (Fsp3) is 0.409. The molecule has 0 aliphatic carbocycles. The lowest BCUT2D eigenvalue weighted by atomic mass is 10.1. The third kappa shape index (κ3) is 4.15. The van der Waals surface area contributed by atoms with Gasteiger partial charge in [-0.2, -0.15) is 0 Å². The van der Waals surface area contributed by atoms with E-state index in [1.807, 2.05) is 29.2 Å². The van der Waals surface area contributed by atoms with Gasteiger partial charge in [0.1, 0.15) is 5.75 Å². The first-order valence-corrected chi connectivity index (χ1v) is 9.57. The first-order chi connectivity index (χ1) is 13.2. The Bertz CT molecular complexity index is 813. The Labute approximate surface area is 160 Å². The van der Waals surface area contributed by atoms with Crippen molar-refractivity contribution in [3.05, 3.63) is 64.7 Å². The number of fused-ring (bicyclic) bond motifs is 1. The van der Waals surface area contributed by atoms with Crippen LogP contribution >= 0.6 is 0 Å².